The first-order chi connectivity index (χ1) is 12.0. The average Bonchev–Trinajstić information content (AvgIpc) is 2.59. The average molecular weight is 346 g/mol. The molecule has 0 bridgehead atoms. The topological polar surface area (TPSA) is 81.4 Å². The standard InChI is InChI=1S/C20H30N2O3/c1-16(2)20(24)25-14-8-6-4-3-5-7-9-19(23)22-15-17-10-12-18(21)13-11-17/h10-13H,1,3-9,14-15,21H2,2H3,(H,22,23). The molecule has 1 rings (SSSR count). The Labute approximate surface area is 150 Å². The van der Waals surface area contributed by atoms with E-state index in [1.54, 1.807) is 6.92 Å². The summed E-state index contributed by atoms with van der Waals surface area (Å²) in [4.78, 5) is 23.0. The fourth-order valence-electron chi connectivity index (χ4n) is 2.31. The Balaban J connectivity index is 1.93. The van der Waals surface area contributed by atoms with Gasteiger partial charge in [-0.3, -0.25) is 4.79 Å². The van der Waals surface area contributed by atoms with Crippen LogP contribution in [0.3, 0.4) is 0 Å². The molecule has 0 saturated heterocycles. The summed E-state index contributed by atoms with van der Waals surface area (Å²) in [5, 5.41) is 2.92. The van der Waals surface area contributed by atoms with Gasteiger partial charge < -0.3 is 15.8 Å². The van der Waals surface area contributed by atoms with Crippen LogP contribution in [0, 0.1) is 0 Å². The second-order valence-corrected chi connectivity index (χ2v) is 6.31. The van der Waals surface area contributed by atoms with Crippen molar-refractivity contribution >= 4 is 17.6 Å². The second kappa shape index (κ2) is 12.1. The fourth-order valence-corrected chi connectivity index (χ4v) is 2.31. The van der Waals surface area contributed by atoms with Crippen molar-refractivity contribution in [2.45, 2.75) is 58.4 Å². The summed E-state index contributed by atoms with van der Waals surface area (Å²) >= 11 is 0. The van der Waals surface area contributed by atoms with Crippen LogP contribution in [0.4, 0.5) is 5.69 Å². The number of ether oxygens (including phenoxy) is 1. The number of esters is 1. The predicted molar refractivity (Wildman–Crippen MR) is 101 cm³/mol. The highest BCUT2D eigenvalue weighted by atomic mass is 16.5. The fraction of sp³-hybridized carbons (Fsp3) is 0.500. The molecule has 138 valence electrons. The minimum atomic E-state index is -0.315. The summed E-state index contributed by atoms with van der Waals surface area (Å²) in [5.74, 6) is -0.228. The third-order valence-electron chi connectivity index (χ3n) is 3.85. The first-order valence-electron chi connectivity index (χ1n) is 8.93. The SMILES string of the molecule is C=C(C)C(=O)OCCCCCCCCC(=O)NCc1ccc(N)cc1. The number of rotatable bonds is 12. The van der Waals surface area contributed by atoms with Crippen molar-refractivity contribution in [3.8, 4) is 0 Å². The van der Waals surface area contributed by atoms with Gasteiger partial charge in [0.15, 0.2) is 0 Å². The lowest BCUT2D eigenvalue weighted by molar-refractivity contribution is -0.139. The summed E-state index contributed by atoms with van der Waals surface area (Å²) in [6, 6.07) is 7.51. The maximum atomic E-state index is 11.8. The van der Waals surface area contributed by atoms with Crippen molar-refractivity contribution in [3.63, 3.8) is 0 Å². The number of carbonyl (C=O) groups excluding carboxylic acids is 2. The molecule has 0 aliphatic heterocycles. The van der Waals surface area contributed by atoms with Crippen LogP contribution in [0.15, 0.2) is 36.4 Å². The lowest BCUT2D eigenvalue weighted by Crippen LogP contribution is -2.22. The van der Waals surface area contributed by atoms with Gasteiger partial charge in [-0.15, -0.1) is 0 Å². The minimum Gasteiger partial charge on any atom is -0.462 e. The quantitative estimate of drug-likeness (QED) is 0.261. The Kier molecular flexibility index (Phi) is 10.1. The number of hydrogen-bond donors (Lipinski definition) is 2. The van der Waals surface area contributed by atoms with Crippen molar-refractivity contribution in [2.24, 2.45) is 0 Å². The molecule has 0 heterocycles. The van der Waals surface area contributed by atoms with Gasteiger partial charge in [0.25, 0.3) is 0 Å². The number of nitrogen functional groups attached to an aromatic ring is 1. The smallest absolute Gasteiger partial charge is 0.333 e. The number of carbonyl (C=O) groups is 2. The Hall–Kier alpha value is -2.30. The van der Waals surface area contributed by atoms with Gasteiger partial charge in [0.05, 0.1) is 6.61 Å². The van der Waals surface area contributed by atoms with Crippen molar-refractivity contribution in [1.29, 1.82) is 0 Å². The molecule has 0 radical (unpaired) electrons. The monoisotopic (exact) mass is 346 g/mol. The first-order valence-corrected chi connectivity index (χ1v) is 8.93. The van der Waals surface area contributed by atoms with Gasteiger partial charge in [0, 0.05) is 24.2 Å². The molecule has 0 saturated carbocycles. The number of nitrogens with one attached hydrogen (secondary N) is 1. The zero-order valence-electron chi connectivity index (χ0n) is 15.2. The number of hydrogen-bond acceptors (Lipinski definition) is 4. The van der Waals surface area contributed by atoms with Gasteiger partial charge >= 0.3 is 5.97 Å². The summed E-state index contributed by atoms with van der Waals surface area (Å²) in [6.07, 6.45) is 6.61. The van der Waals surface area contributed by atoms with Gasteiger partial charge in [0.1, 0.15) is 0 Å². The molecule has 1 amide bonds. The van der Waals surface area contributed by atoms with E-state index in [4.69, 9.17) is 10.5 Å². The van der Waals surface area contributed by atoms with Crippen LogP contribution in [0.25, 0.3) is 0 Å². The zero-order valence-corrected chi connectivity index (χ0v) is 15.2. The molecule has 3 N–H and O–H groups in total. The second-order valence-electron chi connectivity index (χ2n) is 6.31. The van der Waals surface area contributed by atoms with E-state index < -0.39 is 0 Å². The van der Waals surface area contributed by atoms with Gasteiger partial charge in [-0.2, -0.15) is 0 Å². The van der Waals surface area contributed by atoms with Crippen LogP contribution < -0.4 is 11.1 Å². The predicted octanol–water partition coefficient (Wildman–Crippen LogP) is 3.74. The maximum Gasteiger partial charge on any atom is 0.333 e. The van der Waals surface area contributed by atoms with E-state index >= 15 is 0 Å². The summed E-state index contributed by atoms with van der Waals surface area (Å²) in [6.45, 7) is 6.19. The molecule has 1 aromatic rings. The Morgan fingerprint density at radius 1 is 1.04 bits per heavy atom. The van der Waals surface area contributed by atoms with E-state index in [0.717, 1.165) is 49.8 Å². The van der Waals surface area contributed by atoms with E-state index in [2.05, 4.69) is 11.9 Å². The van der Waals surface area contributed by atoms with Crippen molar-refractivity contribution < 1.29 is 14.3 Å². The molecule has 0 spiro atoms. The molecular formula is C20H30N2O3. The normalized spacial score (nSPS) is 10.3. The largest absolute Gasteiger partial charge is 0.462 e. The highest BCUT2D eigenvalue weighted by molar-refractivity contribution is 5.86. The highest BCUT2D eigenvalue weighted by Gasteiger charge is 2.03. The molecule has 25 heavy (non-hydrogen) atoms. The molecule has 0 aromatic heterocycles. The van der Waals surface area contributed by atoms with Crippen LogP contribution in [0.5, 0.6) is 0 Å². The van der Waals surface area contributed by atoms with Gasteiger partial charge in [-0.25, -0.2) is 4.79 Å². The first kappa shape index (κ1) is 20.7. The lowest BCUT2D eigenvalue weighted by Gasteiger charge is -2.06. The minimum absolute atomic E-state index is 0.0866. The lowest BCUT2D eigenvalue weighted by atomic mass is 10.1. The molecule has 0 atom stereocenters. The van der Waals surface area contributed by atoms with Gasteiger partial charge in [0.2, 0.25) is 5.91 Å². The van der Waals surface area contributed by atoms with Gasteiger partial charge in [-0.1, -0.05) is 44.4 Å². The van der Waals surface area contributed by atoms with E-state index in [1.807, 2.05) is 24.3 Å². The zero-order chi connectivity index (χ0) is 18.5. The summed E-state index contributed by atoms with van der Waals surface area (Å²) in [7, 11) is 0. The summed E-state index contributed by atoms with van der Waals surface area (Å²) in [5.41, 5.74) is 7.84. The molecular weight excluding hydrogens is 316 g/mol. The van der Waals surface area contributed by atoms with Crippen LogP contribution in [0.1, 0.15) is 57.4 Å². The number of anilines is 1. The van der Waals surface area contributed by atoms with Crippen molar-refractivity contribution in [2.75, 3.05) is 12.3 Å². The highest BCUT2D eigenvalue weighted by Crippen LogP contribution is 2.08. The molecule has 5 heteroatoms. The molecule has 0 aliphatic rings. The molecule has 1 aromatic carbocycles. The summed E-state index contributed by atoms with van der Waals surface area (Å²) < 4.78 is 5.03. The Morgan fingerprint density at radius 3 is 2.28 bits per heavy atom. The Morgan fingerprint density at radius 2 is 1.64 bits per heavy atom. The van der Waals surface area contributed by atoms with Crippen LogP contribution >= 0.6 is 0 Å². The van der Waals surface area contributed by atoms with Crippen LogP contribution in [-0.2, 0) is 20.9 Å². The third kappa shape index (κ3) is 10.2. The van der Waals surface area contributed by atoms with Crippen LogP contribution in [-0.4, -0.2) is 18.5 Å². The van der Waals surface area contributed by atoms with E-state index in [-0.39, 0.29) is 11.9 Å². The van der Waals surface area contributed by atoms with E-state index in [0.29, 0.717) is 25.1 Å². The van der Waals surface area contributed by atoms with Crippen molar-refractivity contribution in [1.82, 2.24) is 5.32 Å². The maximum absolute atomic E-state index is 11.8. The Bertz CT molecular complexity index is 553. The molecule has 0 unspecified atom stereocenters. The van der Waals surface area contributed by atoms with E-state index in [9.17, 15) is 9.59 Å². The number of amides is 1. The van der Waals surface area contributed by atoms with Crippen LogP contribution in [0.2, 0.25) is 0 Å². The molecule has 0 fully saturated rings. The number of nitrogens with two attached hydrogens (primary N) is 1. The molecule has 0 aliphatic carbocycles. The number of unbranched alkanes of at least 4 members (excludes halogenated alkanes) is 5. The third-order valence-corrected chi connectivity index (χ3v) is 3.85. The van der Waals surface area contributed by atoms with Gasteiger partial charge in [-0.05, 0) is 37.5 Å². The van der Waals surface area contributed by atoms with E-state index in [1.165, 1.54) is 0 Å². The molecule has 5 nitrogen and oxygen atoms in total. The number of benzene rings is 1. The van der Waals surface area contributed by atoms with Crippen molar-refractivity contribution in [3.05, 3.63) is 42.0 Å².